The minimum atomic E-state index is 0. The van der Waals surface area contributed by atoms with Crippen molar-refractivity contribution in [2.24, 2.45) is 5.41 Å². The summed E-state index contributed by atoms with van der Waals surface area (Å²) in [6, 6.07) is 0. The molecule has 1 rings (SSSR count). The highest BCUT2D eigenvalue weighted by Crippen LogP contribution is 2.43. The Kier molecular flexibility index (Phi) is 2.78. The fraction of sp³-hybridized carbons (Fsp3) is 1.00. The van der Waals surface area contributed by atoms with Crippen LogP contribution in [0.1, 0.15) is 19.8 Å². The molecule has 0 bridgehead atoms. The Balaban J connectivity index is 0.000000490. The Morgan fingerprint density at radius 3 is 2.12 bits per heavy atom. The van der Waals surface area contributed by atoms with E-state index in [0.717, 1.165) is 0 Å². The average molecular weight is 136 g/mol. The first-order chi connectivity index (χ1) is 3.27. The average Bonchev–Trinajstić information content (AvgIpc) is 2.22. The lowest BCUT2D eigenvalue weighted by Gasteiger charge is -2.03. The molecule has 2 heteroatoms. The summed E-state index contributed by atoms with van der Waals surface area (Å²) in [6.07, 6.45) is 2.85. The third kappa shape index (κ3) is 2.01. The second kappa shape index (κ2) is 2.70. The summed E-state index contributed by atoms with van der Waals surface area (Å²) < 4.78 is 0. The Hall–Kier alpha value is 0.250. The van der Waals surface area contributed by atoms with Gasteiger partial charge in [0.25, 0.3) is 0 Å². The standard InChI is InChI=1S/C6H13N.ClH/c1-6(3-4-6)5-7-2;/h7H,3-5H2,1-2H3;1H. The monoisotopic (exact) mass is 135 g/mol. The van der Waals surface area contributed by atoms with E-state index in [9.17, 15) is 0 Å². The largest absolute Gasteiger partial charge is 0.319 e. The Labute approximate surface area is 57.3 Å². The molecule has 0 amide bonds. The zero-order valence-electron chi connectivity index (χ0n) is 5.53. The molecule has 50 valence electrons. The van der Waals surface area contributed by atoms with Gasteiger partial charge < -0.3 is 5.32 Å². The molecule has 1 N–H and O–H groups in total. The minimum absolute atomic E-state index is 0. The summed E-state index contributed by atoms with van der Waals surface area (Å²) in [5, 5.41) is 3.17. The fourth-order valence-corrected chi connectivity index (χ4v) is 0.817. The van der Waals surface area contributed by atoms with Crippen molar-refractivity contribution in [3.8, 4) is 0 Å². The van der Waals surface area contributed by atoms with Crippen LogP contribution in [0.5, 0.6) is 0 Å². The first-order valence-electron chi connectivity index (χ1n) is 2.91. The smallest absolute Gasteiger partial charge is 0.000216 e. The summed E-state index contributed by atoms with van der Waals surface area (Å²) in [7, 11) is 2.02. The van der Waals surface area contributed by atoms with E-state index in [0.29, 0.717) is 5.41 Å². The lowest BCUT2D eigenvalue weighted by atomic mass is 10.1. The van der Waals surface area contributed by atoms with Gasteiger partial charge in [-0.05, 0) is 25.3 Å². The van der Waals surface area contributed by atoms with Gasteiger partial charge in [0.2, 0.25) is 0 Å². The predicted octanol–water partition coefficient (Wildman–Crippen LogP) is 1.43. The van der Waals surface area contributed by atoms with Crippen LogP contribution in [-0.4, -0.2) is 13.6 Å². The van der Waals surface area contributed by atoms with Gasteiger partial charge in [0.05, 0.1) is 0 Å². The maximum absolute atomic E-state index is 3.17. The highest BCUT2D eigenvalue weighted by Gasteiger charge is 2.35. The van der Waals surface area contributed by atoms with Crippen LogP contribution in [0.3, 0.4) is 0 Å². The van der Waals surface area contributed by atoms with Gasteiger partial charge in [-0.1, -0.05) is 6.92 Å². The molecule has 0 unspecified atom stereocenters. The van der Waals surface area contributed by atoms with Crippen LogP contribution in [0.4, 0.5) is 0 Å². The molecule has 0 aromatic rings. The minimum Gasteiger partial charge on any atom is -0.319 e. The van der Waals surface area contributed by atoms with Gasteiger partial charge in [-0.2, -0.15) is 0 Å². The lowest BCUT2D eigenvalue weighted by Crippen LogP contribution is -2.16. The van der Waals surface area contributed by atoms with E-state index in [1.807, 2.05) is 7.05 Å². The van der Waals surface area contributed by atoms with Crippen LogP contribution in [0.2, 0.25) is 0 Å². The molecule has 1 fully saturated rings. The maximum atomic E-state index is 3.17. The van der Waals surface area contributed by atoms with Gasteiger partial charge in [-0.15, -0.1) is 12.4 Å². The van der Waals surface area contributed by atoms with Crippen LogP contribution >= 0.6 is 12.4 Å². The van der Waals surface area contributed by atoms with E-state index < -0.39 is 0 Å². The van der Waals surface area contributed by atoms with Crippen LogP contribution in [0.25, 0.3) is 0 Å². The number of halogens is 1. The third-order valence-electron chi connectivity index (χ3n) is 1.71. The van der Waals surface area contributed by atoms with Gasteiger partial charge in [0.15, 0.2) is 0 Å². The summed E-state index contributed by atoms with van der Waals surface area (Å²) in [6.45, 7) is 3.52. The van der Waals surface area contributed by atoms with Gasteiger partial charge >= 0.3 is 0 Å². The van der Waals surface area contributed by atoms with E-state index in [-0.39, 0.29) is 12.4 Å². The van der Waals surface area contributed by atoms with E-state index in [2.05, 4.69) is 12.2 Å². The first-order valence-corrected chi connectivity index (χ1v) is 2.91. The molecule has 1 nitrogen and oxygen atoms in total. The zero-order chi connectivity index (χ0) is 5.33. The SMILES string of the molecule is CNCC1(C)CC1.Cl. The molecule has 0 heterocycles. The topological polar surface area (TPSA) is 12.0 Å². The summed E-state index contributed by atoms with van der Waals surface area (Å²) in [4.78, 5) is 0. The molecule has 1 saturated carbocycles. The molecular formula is C6H14ClN. The van der Waals surface area contributed by atoms with Crippen LogP contribution in [0.15, 0.2) is 0 Å². The second-order valence-corrected chi connectivity index (χ2v) is 2.84. The van der Waals surface area contributed by atoms with Gasteiger partial charge in [0.1, 0.15) is 0 Å². The molecule has 1 aliphatic rings. The molecule has 1 aliphatic carbocycles. The number of hydrogen-bond acceptors (Lipinski definition) is 1. The van der Waals surface area contributed by atoms with Crippen LogP contribution in [0, 0.1) is 5.41 Å². The van der Waals surface area contributed by atoms with Crippen molar-refractivity contribution in [2.45, 2.75) is 19.8 Å². The lowest BCUT2D eigenvalue weighted by molar-refractivity contribution is 0.532. The molecule has 0 atom stereocenters. The van der Waals surface area contributed by atoms with E-state index >= 15 is 0 Å². The molecule has 0 spiro atoms. The quantitative estimate of drug-likeness (QED) is 0.604. The molecule has 0 aliphatic heterocycles. The summed E-state index contributed by atoms with van der Waals surface area (Å²) >= 11 is 0. The maximum Gasteiger partial charge on any atom is 0.000216 e. The molecule has 0 saturated heterocycles. The normalized spacial score (nSPS) is 21.8. The van der Waals surface area contributed by atoms with Crippen molar-refractivity contribution in [3.63, 3.8) is 0 Å². The third-order valence-corrected chi connectivity index (χ3v) is 1.71. The van der Waals surface area contributed by atoms with Crippen LogP contribution in [-0.2, 0) is 0 Å². The molecular weight excluding hydrogens is 122 g/mol. The highest BCUT2D eigenvalue weighted by atomic mass is 35.5. The van der Waals surface area contributed by atoms with E-state index in [1.165, 1.54) is 19.4 Å². The number of nitrogens with one attached hydrogen (secondary N) is 1. The predicted molar refractivity (Wildman–Crippen MR) is 38.5 cm³/mol. The number of rotatable bonds is 2. The first kappa shape index (κ1) is 8.25. The van der Waals surface area contributed by atoms with Crippen molar-refractivity contribution in [1.29, 1.82) is 0 Å². The fourth-order valence-electron chi connectivity index (χ4n) is 0.817. The van der Waals surface area contributed by atoms with E-state index in [4.69, 9.17) is 0 Å². The van der Waals surface area contributed by atoms with Crippen molar-refractivity contribution in [1.82, 2.24) is 5.32 Å². The van der Waals surface area contributed by atoms with Crippen molar-refractivity contribution in [3.05, 3.63) is 0 Å². The van der Waals surface area contributed by atoms with Crippen molar-refractivity contribution < 1.29 is 0 Å². The Morgan fingerprint density at radius 1 is 1.50 bits per heavy atom. The summed E-state index contributed by atoms with van der Waals surface area (Å²) in [5.74, 6) is 0. The summed E-state index contributed by atoms with van der Waals surface area (Å²) in [5.41, 5.74) is 0.689. The van der Waals surface area contributed by atoms with E-state index in [1.54, 1.807) is 0 Å². The van der Waals surface area contributed by atoms with Gasteiger partial charge in [-0.25, -0.2) is 0 Å². The molecule has 8 heavy (non-hydrogen) atoms. The van der Waals surface area contributed by atoms with Gasteiger partial charge in [-0.3, -0.25) is 0 Å². The highest BCUT2D eigenvalue weighted by molar-refractivity contribution is 5.85. The number of hydrogen-bond donors (Lipinski definition) is 1. The Bertz CT molecular complexity index is 68.9. The van der Waals surface area contributed by atoms with Gasteiger partial charge in [0, 0.05) is 6.54 Å². The zero-order valence-corrected chi connectivity index (χ0v) is 6.35. The van der Waals surface area contributed by atoms with Crippen molar-refractivity contribution in [2.75, 3.05) is 13.6 Å². The molecule has 0 aromatic carbocycles. The molecule has 0 aromatic heterocycles. The Morgan fingerprint density at radius 2 is 2.00 bits per heavy atom. The van der Waals surface area contributed by atoms with Crippen molar-refractivity contribution >= 4 is 12.4 Å². The van der Waals surface area contributed by atoms with Crippen LogP contribution < -0.4 is 5.32 Å². The second-order valence-electron chi connectivity index (χ2n) is 2.84. The molecule has 0 radical (unpaired) electrons.